The molecule has 0 amide bonds. The van der Waals surface area contributed by atoms with E-state index in [1.54, 1.807) is 24.3 Å². The molecule has 4 aromatic rings. The van der Waals surface area contributed by atoms with Crippen LogP contribution in [-0.4, -0.2) is 61.2 Å². The Labute approximate surface area is 207 Å². The molecule has 3 atom stereocenters. The Morgan fingerprint density at radius 2 is 1.83 bits per heavy atom. The second-order valence-electron chi connectivity index (χ2n) is 8.73. The van der Waals surface area contributed by atoms with Crippen molar-refractivity contribution in [3.05, 3.63) is 59.6 Å². The van der Waals surface area contributed by atoms with Gasteiger partial charge in [0.15, 0.2) is 21.6 Å². The third-order valence-corrected chi connectivity index (χ3v) is 7.79. The Hall–Kier alpha value is -2.98. The summed E-state index contributed by atoms with van der Waals surface area (Å²) < 4.78 is 41.9. The van der Waals surface area contributed by atoms with Crippen LogP contribution in [0.5, 0.6) is 6.01 Å². The van der Waals surface area contributed by atoms with Crippen LogP contribution in [0.3, 0.4) is 0 Å². The molecule has 0 spiro atoms. The van der Waals surface area contributed by atoms with E-state index in [-0.39, 0.29) is 23.2 Å². The Balaban J connectivity index is 1.29. The fourth-order valence-corrected chi connectivity index (χ4v) is 5.84. The molecule has 0 aliphatic carbocycles. The molecule has 10 heteroatoms. The Morgan fingerprint density at radius 1 is 1.06 bits per heavy atom. The summed E-state index contributed by atoms with van der Waals surface area (Å²) in [6, 6.07) is 16.5. The van der Waals surface area contributed by atoms with Crippen LogP contribution in [0.25, 0.3) is 33.5 Å². The molecule has 0 bridgehead atoms. The molecule has 0 radical (unpaired) electrons. The molecule has 0 saturated carbocycles. The highest BCUT2D eigenvalue weighted by molar-refractivity contribution is 7.90. The first-order valence-electron chi connectivity index (χ1n) is 11.2. The summed E-state index contributed by atoms with van der Waals surface area (Å²) in [6.45, 7) is 1.13. The number of rotatable bonds is 5. The molecule has 2 aliphatic heterocycles. The van der Waals surface area contributed by atoms with Crippen LogP contribution < -0.4 is 4.74 Å². The maximum absolute atomic E-state index is 12.2. The van der Waals surface area contributed by atoms with Gasteiger partial charge >= 0.3 is 0 Å². The fourth-order valence-electron chi connectivity index (χ4n) is 4.66. The van der Waals surface area contributed by atoms with Crippen LogP contribution in [0.2, 0.25) is 5.02 Å². The van der Waals surface area contributed by atoms with E-state index >= 15 is 0 Å². The lowest BCUT2D eigenvalue weighted by Crippen LogP contribution is -2.32. The SMILES string of the molecule is CS(=O)(=O)c1ccccc1-c1ccc(-c2nc3nc(OC4COC5CCOC54)[nH]c3cc2Cl)cc1. The van der Waals surface area contributed by atoms with Crippen LogP contribution in [0.4, 0.5) is 0 Å². The molecular weight excluding hydrogens is 490 g/mol. The minimum absolute atomic E-state index is 0.0796. The van der Waals surface area contributed by atoms with Gasteiger partial charge in [-0.15, -0.1) is 0 Å². The molecular formula is C25H22ClN3O5S. The monoisotopic (exact) mass is 511 g/mol. The van der Waals surface area contributed by atoms with Gasteiger partial charge in [0.05, 0.1) is 33.8 Å². The van der Waals surface area contributed by atoms with E-state index in [4.69, 9.17) is 25.8 Å². The quantitative estimate of drug-likeness (QED) is 0.426. The summed E-state index contributed by atoms with van der Waals surface area (Å²) in [7, 11) is -3.36. The predicted molar refractivity (Wildman–Crippen MR) is 131 cm³/mol. The highest BCUT2D eigenvalue weighted by Crippen LogP contribution is 2.34. The standard InChI is InChI=1S/C25H22ClN3O5S/c1-35(30,31)21-5-3-2-4-16(21)14-6-8-15(9-7-14)22-17(26)12-18-24(28-22)29-25(27-18)34-20-13-33-19-10-11-32-23(19)20/h2-9,12,19-20,23H,10-11,13H2,1H3,(H,27,28,29). The number of imidazole rings is 1. The normalized spacial score (nSPS) is 21.9. The third-order valence-electron chi connectivity index (χ3n) is 6.34. The zero-order chi connectivity index (χ0) is 24.2. The lowest BCUT2D eigenvalue weighted by Gasteiger charge is -2.15. The minimum atomic E-state index is -3.36. The number of fused-ring (bicyclic) bond motifs is 2. The molecule has 2 aromatic carbocycles. The van der Waals surface area contributed by atoms with E-state index in [1.807, 2.05) is 30.3 Å². The van der Waals surface area contributed by atoms with Gasteiger partial charge in [-0.1, -0.05) is 54.1 Å². The summed E-state index contributed by atoms with van der Waals surface area (Å²) in [5.41, 5.74) is 3.94. The van der Waals surface area contributed by atoms with E-state index in [2.05, 4.69) is 15.0 Å². The lowest BCUT2D eigenvalue weighted by molar-refractivity contribution is 0.0273. The number of aromatic amines is 1. The fraction of sp³-hybridized carbons (Fsp3) is 0.280. The van der Waals surface area contributed by atoms with Crippen molar-refractivity contribution in [2.24, 2.45) is 0 Å². The lowest BCUT2D eigenvalue weighted by atomic mass is 10.0. The predicted octanol–water partition coefficient (Wildman–Crippen LogP) is 4.28. The van der Waals surface area contributed by atoms with Crippen LogP contribution in [0, 0.1) is 0 Å². The van der Waals surface area contributed by atoms with E-state index in [1.165, 1.54) is 6.26 Å². The number of nitrogens with one attached hydrogen (secondary N) is 1. The van der Waals surface area contributed by atoms with Crippen molar-refractivity contribution in [1.29, 1.82) is 0 Å². The number of hydrogen-bond acceptors (Lipinski definition) is 7. The van der Waals surface area contributed by atoms with Gasteiger partial charge in [0, 0.05) is 24.0 Å². The number of sulfone groups is 1. The molecule has 1 N–H and O–H groups in total. The molecule has 2 saturated heterocycles. The van der Waals surface area contributed by atoms with Crippen LogP contribution in [-0.2, 0) is 19.3 Å². The van der Waals surface area contributed by atoms with E-state index in [0.29, 0.717) is 46.7 Å². The van der Waals surface area contributed by atoms with Crippen molar-refractivity contribution in [3.8, 4) is 28.4 Å². The number of halogens is 1. The Morgan fingerprint density at radius 3 is 2.63 bits per heavy atom. The maximum Gasteiger partial charge on any atom is 0.296 e. The third kappa shape index (κ3) is 4.18. The number of ether oxygens (including phenoxy) is 3. The zero-order valence-corrected chi connectivity index (χ0v) is 20.3. The van der Waals surface area contributed by atoms with Crippen molar-refractivity contribution < 1.29 is 22.6 Å². The number of nitrogens with zero attached hydrogens (tertiary/aromatic N) is 2. The maximum atomic E-state index is 12.2. The number of aromatic nitrogens is 3. The molecule has 4 heterocycles. The molecule has 180 valence electrons. The summed E-state index contributed by atoms with van der Waals surface area (Å²) in [4.78, 5) is 12.6. The largest absolute Gasteiger partial charge is 0.456 e. The molecule has 6 rings (SSSR count). The summed E-state index contributed by atoms with van der Waals surface area (Å²) in [6.07, 6.45) is 1.86. The number of H-pyrrole nitrogens is 1. The van der Waals surface area contributed by atoms with Crippen molar-refractivity contribution in [1.82, 2.24) is 15.0 Å². The van der Waals surface area contributed by atoms with E-state index in [9.17, 15) is 8.42 Å². The molecule has 35 heavy (non-hydrogen) atoms. The Kier molecular flexibility index (Phi) is 5.52. The highest BCUT2D eigenvalue weighted by atomic mass is 35.5. The number of pyridine rings is 1. The van der Waals surface area contributed by atoms with Gasteiger partial charge in [0.1, 0.15) is 6.10 Å². The summed E-state index contributed by atoms with van der Waals surface area (Å²) in [5, 5.41) is 0.459. The van der Waals surface area contributed by atoms with Gasteiger partial charge in [-0.3, -0.25) is 0 Å². The molecule has 2 fully saturated rings. The van der Waals surface area contributed by atoms with Crippen LogP contribution >= 0.6 is 11.6 Å². The van der Waals surface area contributed by atoms with Gasteiger partial charge in [-0.05, 0) is 24.1 Å². The molecule has 2 aliphatic rings. The zero-order valence-electron chi connectivity index (χ0n) is 18.8. The summed E-state index contributed by atoms with van der Waals surface area (Å²) >= 11 is 6.56. The van der Waals surface area contributed by atoms with Crippen LogP contribution in [0.1, 0.15) is 6.42 Å². The van der Waals surface area contributed by atoms with Gasteiger partial charge < -0.3 is 19.2 Å². The molecule has 2 aromatic heterocycles. The highest BCUT2D eigenvalue weighted by Gasteiger charge is 2.43. The topological polar surface area (TPSA) is 103 Å². The first kappa shape index (κ1) is 22.5. The first-order chi connectivity index (χ1) is 16.9. The average Bonchev–Trinajstić information content (AvgIpc) is 3.55. The number of benzene rings is 2. The van der Waals surface area contributed by atoms with Crippen molar-refractivity contribution >= 4 is 32.6 Å². The van der Waals surface area contributed by atoms with Gasteiger partial charge in [-0.2, -0.15) is 4.98 Å². The first-order valence-corrected chi connectivity index (χ1v) is 13.5. The molecule has 8 nitrogen and oxygen atoms in total. The van der Waals surface area contributed by atoms with Gasteiger partial charge in [0.25, 0.3) is 6.01 Å². The second-order valence-corrected chi connectivity index (χ2v) is 11.1. The van der Waals surface area contributed by atoms with Crippen molar-refractivity contribution in [3.63, 3.8) is 0 Å². The average molecular weight is 512 g/mol. The number of hydrogen-bond donors (Lipinski definition) is 1. The summed E-state index contributed by atoms with van der Waals surface area (Å²) in [5.74, 6) is 0. The smallest absolute Gasteiger partial charge is 0.296 e. The van der Waals surface area contributed by atoms with Crippen LogP contribution in [0.15, 0.2) is 59.5 Å². The minimum Gasteiger partial charge on any atom is -0.456 e. The van der Waals surface area contributed by atoms with Crippen molar-refractivity contribution in [2.75, 3.05) is 19.5 Å². The van der Waals surface area contributed by atoms with Gasteiger partial charge in [-0.25, -0.2) is 13.4 Å². The van der Waals surface area contributed by atoms with E-state index in [0.717, 1.165) is 17.5 Å². The van der Waals surface area contributed by atoms with Crippen molar-refractivity contribution in [2.45, 2.75) is 29.6 Å². The second kappa shape index (κ2) is 8.60. The molecule has 3 unspecified atom stereocenters. The van der Waals surface area contributed by atoms with E-state index < -0.39 is 9.84 Å². The van der Waals surface area contributed by atoms with Gasteiger partial charge in [0.2, 0.25) is 0 Å². The Bertz CT molecular complexity index is 1520.